The van der Waals surface area contributed by atoms with Crippen LogP contribution in [0.1, 0.15) is 10.4 Å². The molecule has 0 bridgehead atoms. The molecule has 0 N–H and O–H groups in total. The number of carbonyl (C=O) groups excluding carboxylic acids is 1. The van der Waals surface area contributed by atoms with Crippen molar-refractivity contribution < 1.29 is 9.18 Å². The minimum Gasteiger partial charge on any atom is -0.353 e. The van der Waals surface area contributed by atoms with Gasteiger partial charge in [0.05, 0.1) is 11.8 Å². The normalized spacial score (nSPS) is 14.5. The van der Waals surface area contributed by atoms with E-state index in [0.29, 0.717) is 32.0 Å². The van der Waals surface area contributed by atoms with Gasteiger partial charge < -0.3 is 9.80 Å². The lowest BCUT2D eigenvalue weighted by Gasteiger charge is -2.35. The summed E-state index contributed by atoms with van der Waals surface area (Å²) in [5, 5.41) is 4.17. The molecule has 0 atom stereocenters. The van der Waals surface area contributed by atoms with Crippen LogP contribution in [-0.4, -0.2) is 61.7 Å². The summed E-state index contributed by atoms with van der Waals surface area (Å²) in [4.78, 5) is 28.5. The zero-order valence-electron chi connectivity index (χ0n) is 13.9. The Hall–Kier alpha value is -3.36. The van der Waals surface area contributed by atoms with Gasteiger partial charge >= 0.3 is 0 Å². The van der Waals surface area contributed by atoms with E-state index in [1.54, 1.807) is 15.8 Å². The maximum Gasteiger partial charge on any atom is 0.255 e. The molecule has 0 aliphatic carbocycles. The Kier molecular flexibility index (Phi) is 4.26. The first-order valence-electron chi connectivity index (χ1n) is 8.17. The number of piperazine rings is 1. The third kappa shape index (κ3) is 3.23. The summed E-state index contributed by atoms with van der Waals surface area (Å²) in [6, 6.07) is 4.90. The highest BCUT2D eigenvalue weighted by molar-refractivity contribution is 5.94. The van der Waals surface area contributed by atoms with Crippen LogP contribution in [-0.2, 0) is 0 Å². The quantitative estimate of drug-likeness (QED) is 0.703. The van der Waals surface area contributed by atoms with Gasteiger partial charge in [0.2, 0.25) is 0 Å². The maximum absolute atomic E-state index is 13.3. The zero-order chi connectivity index (χ0) is 17.9. The molecule has 1 amide bonds. The van der Waals surface area contributed by atoms with E-state index in [2.05, 4.69) is 25.0 Å². The van der Waals surface area contributed by atoms with Gasteiger partial charge in [-0.05, 0) is 12.1 Å². The van der Waals surface area contributed by atoms with Gasteiger partial charge in [-0.25, -0.2) is 19.0 Å². The highest BCUT2D eigenvalue weighted by atomic mass is 19.1. The van der Waals surface area contributed by atoms with E-state index in [9.17, 15) is 9.18 Å². The van der Waals surface area contributed by atoms with Crippen molar-refractivity contribution in [3.8, 4) is 5.82 Å². The molecule has 3 aromatic heterocycles. The number of nitrogens with zero attached hydrogens (tertiary/aromatic N) is 7. The average molecular weight is 353 g/mol. The van der Waals surface area contributed by atoms with Gasteiger partial charge in [-0.15, -0.1) is 0 Å². The molecule has 132 valence electrons. The largest absolute Gasteiger partial charge is 0.353 e. The van der Waals surface area contributed by atoms with E-state index >= 15 is 0 Å². The van der Waals surface area contributed by atoms with Crippen LogP contribution in [0.2, 0.25) is 0 Å². The van der Waals surface area contributed by atoms with Crippen molar-refractivity contribution in [1.82, 2.24) is 29.6 Å². The first-order chi connectivity index (χ1) is 12.7. The molecule has 0 saturated carbocycles. The molecule has 0 unspecified atom stereocenters. The molecular weight excluding hydrogens is 337 g/mol. The second-order valence-electron chi connectivity index (χ2n) is 5.86. The van der Waals surface area contributed by atoms with Gasteiger partial charge in [0.15, 0.2) is 5.82 Å². The molecule has 1 saturated heterocycles. The number of halogens is 1. The number of anilines is 1. The summed E-state index contributed by atoms with van der Waals surface area (Å²) < 4.78 is 14.9. The Balaban J connectivity index is 1.44. The Morgan fingerprint density at radius 3 is 2.58 bits per heavy atom. The Morgan fingerprint density at radius 1 is 1.04 bits per heavy atom. The molecule has 0 spiro atoms. The molecule has 26 heavy (non-hydrogen) atoms. The maximum atomic E-state index is 13.3. The molecule has 4 rings (SSSR count). The van der Waals surface area contributed by atoms with E-state index in [0.717, 1.165) is 12.0 Å². The van der Waals surface area contributed by atoms with Crippen LogP contribution in [0.3, 0.4) is 0 Å². The van der Waals surface area contributed by atoms with Crippen molar-refractivity contribution in [3.63, 3.8) is 0 Å². The van der Waals surface area contributed by atoms with Gasteiger partial charge in [0, 0.05) is 50.8 Å². The van der Waals surface area contributed by atoms with E-state index < -0.39 is 5.82 Å². The van der Waals surface area contributed by atoms with Crippen molar-refractivity contribution in [2.24, 2.45) is 0 Å². The lowest BCUT2D eigenvalue weighted by atomic mass is 10.2. The van der Waals surface area contributed by atoms with E-state index in [4.69, 9.17) is 0 Å². The van der Waals surface area contributed by atoms with Crippen LogP contribution in [0.15, 0.2) is 49.3 Å². The predicted octanol–water partition coefficient (Wildman–Crippen LogP) is 1.16. The number of pyridine rings is 1. The highest BCUT2D eigenvalue weighted by Gasteiger charge is 2.23. The van der Waals surface area contributed by atoms with Crippen LogP contribution in [0.25, 0.3) is 5.82 Å². The number of amides is 1. The Morgan fingerprint density at radius 2 is 1.85 bits per heavy atom. The van der Waals surface area contributed by atoms with E-state index in [1.165, 1.54) is 18.6 Å². The monoisotopic (exact) mass is 353 g/mol. The smallest absolute Gasteiger partial charge is 0.255 e. The SMILES string of the molecule is O=C(c1cncc(F)c1)N1CCN(c2cc(-n3cccn3)ncn2)CC1. The summed E-state index contributed by atoms with van der Waals surface area (Å²) in [7, 11) is 0. The summed E-state index contributed by atoms with van der Waals surface area (Å²) in [6.07, 6.45) is 7.48. The van der Waals surface area contributed by atoms with Crippen molar-refractivity contribution >= 4 is 11.7 Å². The Labute approximate surface area is 148 Å². The second kappa shape index (κ2) is 6.87. The van der Waals surface area contributed by atoms with Gasteiger partial charge in [0.1, 0.15) is 18.0 Å². The average Bonchev–Trinajstić information content (AvgIpc) is 3.23. The van der Waals surface area contributed by atoms with Crippen LogP contribution in [0.4, 0.5) is 10.2 Å². The van der Waals surface area contributed by atoms with Crippen LogP contribution in [0.5, 0.6) is 0 Å². The first-order valence-corrected chi connectivity index (χ1v) is 8.17. The van der Waals surface area contributed by atoms with Crippen LogP contribution in [0, 0.1) is 5.82 Å². The van der Waals surface area contributed by atoms with Gasteiger partial charge in [0.25, 0.3) is 5.91 Å². The molecule has 1 aliphatic heterocycles. The lowest BCUT2D eigenvalue weighted by Crippen LogP contribution is -2.49. The molecular formula is C17H16FN7O. The molecule has 1 fully saturated rings. The molecule has 8 nitrogen and oxygen atoms in total. The van der Waals surface area contributed by atoms with Crippen LogP contribution >= 0.6 is 0 Å². The number of hydrogen-bond acceptors (Lipinski definition) is 6. The fourth-order valence-electron chi connectivity index (χ4n) is 2.89. The molecule has 0 aromatic carbocycles. The topological polar surface area (TPSA) is 80.0 Å². The molecule has 9 heteroatoms. The van der Waals surface area contributed by atoms with Crippen molar-refractivity contribution in [2.45, 2.75) is 0 Å². The third-order valence-electron chi connectivity index (χ3n) is 4.22. The number of carbonyl (C=O) groups is 1. The van der Waals surface area contributed by atoms with Gasteiger partial charge in [-0.2, -0.15) is 5.10 Å². The number of hydrogen-bond donors (Lipinski definition) is 0. The molecule has 3 aromatic rings. The van der Waals surface area contributed by atoms with Crippen molar-refractivity contribution in [2.75, 3.05) is 31.1 Å². The Bertz CT molecular complexity index is 907. The summed E-state index contributed by atoms with van der Waals surface area (Å²) in [6.45, 7) is 2.31. The zero-order valence-corrected chi connectivity index (χ0v) is 13.9. The minimum atomic E-state index is -0.512. The number of rotatable bonds is 3. The summed E-state index contributed by atoms with van der Waals surface area (Å²) >= 11 is 0. The standard InChI is InChI=1S/C17H16FN7O/c18-14-8-13(10-19-11-14)17(26)24-6-4-23(5-7-24)15-9-16(21-12-20-15)25-3-1-2-22-25/h1-3,8-12H,4-7H2. The van der Waals surface area contributed by atoms with Crippen molar-refractivity contribution in [3.05, 3.63) is 60.7 Å². The van der Waals surface area contributed by atoms with Gasteiger partial charge in [-0.1, -0.05) is 0 Å². The second-order valence-corrected chi connectivity index (χ2v) is 5.86. The molecule has 0 radical (unpaired) electrons. The lowest BCUT2D eigenvalue weighted by molar-refractivity contribution is 0.0745. The first kappa shape index (κ1) is 16.1. The van der Waals surface area contributed by atoms with Crippen LogP contribution < -0.4 is 4.90 Å². The van der Waals surface area contributed by atoms with Crippen molar-refractivity contribution in [1.29, 1.82) is 0 Å². The predicted molar refractivity (Wildman–Crippen MR) is 91.5 cm³/mol. The fraction of sp³-hybridized carbons (Fsp3) is 0.235. The van der Waals surface area contributed by atoms with E-state index in [-0.39, 0.29) is 11.5 Å². The van der Waals surface area contributed by atoms with Gasteiger partial charge in [-0.3, -0.25) is 9.78 Å². The highest BCUT2D eigenvalue weighted by Crippen LogP contribution is 2.17. The third-order valence-corrected chi connectivity index (χ3v) is 4.22. The number of aromatic nitrogens is 5. The molecule has 4 heterocycles. The van der Waals surface area contributed by atoms with E-state index in [1.807, 2.05) is 18.3 Å². The minimum absolute atomic E-state index is 0.212. The fourth-order valence-corrected chi connectivity index (χ4v) is 2.89. The summed E-state index contributed by atoms with van der Waals surface area (Å²) in [5.41, 5.74) is 0.265. The summed E-state index contributed by atoms with van der Waals surface area (Å²) in [5.74, 6) is 0.743. The molecule has 1 aliphatic rings.